The predicted octanol–water partition coefficient (Wildman–Crippen LogP) is 3.80. The van der Waals surface area contributed by atoms with Crippen LogP contribution in [0.15, 0.2) is 33.5 Å². The Kier molecular flexibility index (Phi) is 1.66. The van der Waals surface area contributed by atoms with E-state index in [1.807, 2.05) is 18.2 Å². The third kappa shape index (κ3) is 1.06. The maximum Gasteiger partial charge on any atom is 0.188 e. The predicted molar refractivity (Wildman–Crippen MR) is 48.0 cm³/mol. The van der Waals surface area contributed by atoms with Gasteiger partial charge in [0, 0.05) is 11.1 Å². The lowest BCUT2D eigenvalue weighted by atomic mass is 10.2. The molecule has 2 rings (SSSR count). The van der Waals surface area contributed by atoms with Gasteiger partial charge in [0.25, 0.3) is 0 Å². The topological polar surface area (TPSA) is 13.1 Å². The Labute approximate surface area is 77.4 Å². The van der Waals surface area contributed by atoms with E-state index >= 15 is 0 Å². The molecule has 0 N–H and O–H groups in total. The van der Waals surface area contributed by atoms with Crippen molar-refractivity contribution in [3.05, 3.63) is 34.2 Å². The third-order valence-corrected chi connectivity index (χ3v) is 2.74. The van der Waals surface area contributed by atoms with Crippen LogP contribution in [0.4, 0.5) is 0 Å². The normalized spacial score (nSPS) is 10.7. The molecule has 3 heteroatoms. The molecule has 0 unspecified atom stereocenters. The van der Waals surface area contributed by atoms with Gasteiger partial charge in [0.15, 0.2) is 4.67 Å². The Morgan fingerprint density at radius 1 is 1.36 bits per heavy atom. The minimum Gasteiger partial charge on any atom is -0.455 e. The van der Waals surface area contributed by atoms with E-state index in [0.717, 1.165) is 11.1 Å². The van der Waals surface area contributed by atoms with Crippen molar-refractivity contribution >= 4 is 27.5 Å². The van der Waals surface area contributed by atoms with E-state index in [1.54, 1.807) is 6.26 Å². The molecule has 0 fully saturated rings. The van der Waals surface area contributed by atoms with E-state index in [1.165, 1.54) is 0 Å². The lowest BCUT2D eigenvalue weighted by Crippen LogP contribution is -1.75. The van der Waals surface area contributed by atoms with E-state index in [9.17, 15) is 0 Å². The molecule has 11 heavy (non-hydrogen) atoms. The smallest absolute Gasteiger partial charge is 0.188 e. The van der Waals surface area contributed by atoms with E-state index in [-0.39, 0.29) is 0 Å². The van der Waals surface area contributed by atoms with Gasteiger partial charge in [-0.1, -0.05) is 29.8 Å². The Hall–Kier alpha value is -0.470. The molecule has 1 aliphatic heterocycles. The van der Waals surface area contributed by atoms with Crippen molar-refractivity contribution < 1.29 is 4.42 Å². The fraction of sp³-hybridized carbons (Fsp3) is 0. The maximum absolute atomic E-state index is 5.93. The molecule has 0 bridgehead atoms. The van der Waals surface area contributed by atoms with Crippen LogP contribution in [0.3, 0.4) is 0 Å². The average molecular weight is 231 g/mol. The van der Waals surface area contributed by atoms with Crippen LogP contribution in [-0.2, 0) is 0 Å². The molecule has 56 valence electrons. The van der Waals surface area contributed by atoms with E-state index in [2.05, 4.69) is 15.9 Å². The molecular weight excluding hydrogens is 227 g/mol. The van der Waals surface area contributed by atoms with Crippen LogP contribution in [0.2, 0.25) is 5.02 Å². The molecule has 1 nitrogen and oxygen atoms in total. The highest BCUT2D eigenvalue weighted by molar-refractivity contribution is 9.10. The van der Waals surface area contributed by atoms with Crippen LogP contribution in [0.5, 0.6) is 0 Å². The maximum atomic E-state index is 5.93. The standard InChI is InChI=1S/C8H4BrClO/c9-8-7(10)6-3-1-2-5(6)4-11-8/h1-4H. The van der Waals surface area contributed by atoms with Gasteiger partial charge >= 0.3 is 0 Å². The lowest BCUT2D eigenvalue weighted by Gasteiger charge is -2.01. The summed E-state index contributed by atoms with van der Waals surface area (Å²) < 4.78 is 5.70. The van der Waals surface area contributed by atoms with Gasteiger partial charge < -0.3 is 4.42 Å². The summed E-state index contributed by atoms with van der Waals surface area (Å²) in [5.74, 6) is 0. The minimum atomic E-state index is 0.581. The molecular formula is C8H4BrClO. The molecule has 0 atom stereocenters. The van der Waals surface area contributed by atoms with Crippen LogP contribution in [0, 0.1) is 0 Å². The SMILES string of the molecule is Clc1c2cccc-2coc1Br. The number of hydrogen-bond acceptors (Lipinski definition) is 1. The number of rotatable bonds is 0. The monoisotopic (exact) mass is 230 g/mol. The van der Waals surface area contributed by atoms with Crippen LogP contribution in [0.25, 0.3) is 11.1 Å². The van der Waals surface area contributed by atoms with Crippen LogP contribution >= 0.6 is 27.5 Å². The van der Waals surface area contributed by atoms with E-state index in [4.69, 9.17) is 16.0 Å². The van der Waals surface area contributed by atoms with Crippen LogP contribution in [0.1, 0.15) is 0 Å². The van der Waals surface area contributed by atoms with Crippen molar-refractivity contribution in [1.29, 1.82) is 0 Å². The number of fused-ring (bicyclic) bond motifs is 1. The van der Waals surface area contributed by atoms with Crippen molar-refractivity contribution in [2.24, 2.45) is 0 Å². The summed E-state index contributed by atoms with van der Waals surface area (Å²) in [5, 5.41) is 0.632. The van der Waals surface area contributed by atoms with E-state index in [0.29, 0.717) is 9.69 Å². The first-order valence-electron chi connectivity index (χ1n) is 3.10. The second-order valence-electron chi connectivity index (χ2n) is 2.22. The number of halogens is 2. The van der Waals surface area contributed by atoms with Gasteiger partial charge in [-0.3, -0.25) is 0 Å². The van der Waals surface area contributed by atoms with Crippen molar-refractivity contribution in [3.63, 3.8) is 0 Å². The Morgan fingerprint density at radius 2 is 2.18 bits per heavy atom. The molecule has 0 aromatic carbocycles. The van der Waals surface area contributed by atoms with Crippen molar-refractivity contribution in [2.45, 2.75) is 0 Å². The molecule has 0 aromatic rings. The average Bonchev–Trinajstić information content (AvgIpc) is 2.45. The summed E-state index contributed by atoms with van der Waals surface area (Å²) in [6.45, 7) is 0. The minimum absolute atomic E-state index is 0.581. The molecule has 0 amide bonds. The summed E-state index contributed by atoms with van der Waals surface area (Å²) in [5.41, 5.74) is 2.04. The summed E-state index contributed by atoms with van der Waals surface area (Å²) in [4.78, 5) is 0. The van der Waals surface area contributed by atoms with Gasteiger partial charge in [-0.2, -0.15) is 0 Å². The zero-order valence-corrected chi connectivity index (χ0v) is 7.82. The van der Waals surface area contributed by atoms with Gasteiger partial charge in [-0.15, -0.1) is 0 Å². The quantitative estimate of drug-likeness (QED) is 0.672. The molecule has 1 heterocycles. The fourth-order valence-electron chi connectivity index (χ4n) is 1.01. The zero-order chi connectivity index (χ0) is 7.84. The van der Waals surface area contributed by atoms with Gasteiger partial charge in [0.05, 0.1) is 11.3 Å². The van der Waals surface area contributed by atoms with Crippen LogP contribution in [-0.4, -0.2) is 0 Å². The highest BCUT2D eigenvalue weighted by Crippen LogP contribution is 2.35. The molecule has 0 spiro atoms. The molecule has 0 saturated heterocycles. The summed E-state index contributed by atoms with van der Waals surface area (Å²) in [7, 11) is 0. The van der Waals surface area contributed by atoms with Crippen molar-refractivity contribution in [1.82, 2.24) is 0 Å². The van der Waals surface area contributed by atoms with Gasteiger partial charge in [0.2, 0.25) is 0 Å². The molecule has 1 aliphatic carbocycles. The Balaban J connectivity index is 2.81. The number of hydrogen-bond donors (Lipinski definition) is 0. The first-order valence-corrected chi connectivity index (χ1v) is 4.27. The first-order chi connectivity index (χ1) is 5.29. The van der Waals surface area contributed by atoms with Gasteiger partial charge in [0.1, 0.15) is 0 Å². The van der Waals surface area contributed by atoms with Crippen LogP contribution < -0.4 is 0 Å². The van der Waals surface area contributed by atoms with Crippen molar-refractivity contribution in [2.75, 3.05) is 0 Å². The molecule has 0 radical (unpaired) electrons. The largest absolute Gasteiger partial charge is 0.455 e. The third-order valence-electron chi connectivity index (χ3n) is 1.55. The molecule has 0 saturated carbocycles. The Bertz CT molecular complexity index is 355. The summed E-state index contributed by atoms with van der Waals surface area (Å²) in [6, 6.07) is 5.85. The first kappa shape index (κ1) is 7.19. The van der Waals surface area contributed by atoms with Crippen molar-refractivity contribution in [3.8, 4) is 11.1 Å². The zero-order valence-electron chi connectivity index (χ0n) is 5.47. The second-order valence-corrected chi connectivity index (χ2v) is 3.32. The molecule has 2 aliphatic rings. The fourth-order valence-corrected chi connectivity index (χ4v) is 1.53. The lowest BCUT2D eigenvalue weighted by molar-refractivity contribution is 0.525. The Morgan fingerprint density at radius 3 is 3.00 bits per heavy atom. The van der Waals surface area contributed by atoms with E-state index < -0.39 is 0 Å². The second kappa shape index (κ2) is 2.54. The molecule has 0 aromatic heterocycles. The summed E-state index contributed by atoms with van der Waals surface area (Å²) in [6.07, 6.45) is 1.67. The summed E-state index contributed by atoms with van der Waals surface area (Å²) >= 11 is 9.13. The highest BCUT2D eigenvalue weighted by Gasteiger charge is 2.10. The van der Waals surface area contributed by atoms with Gasteiger partial charge in [-0.25, -0.2) is 0 Å². The highest BCUT2D eigenvalue weighted by atomic mass is 79.9. The van der Waals surface area contributed by atoms with Gasteiger partial charge in [-0.05, 0) is 15.9 Å².